The minimum Gasteiger partial charge on any atom is -0.369 e. The number of hydrogen-bond acceptors (Lipinski definition) is 5. The first-order valence-corrected chi connectivity index (χ1v) is 15.5. The first-order valence-electron chi connectivity index (χ1n) is 14.1. The van der Waals surface area contributed by atoms with Gasteiger partial charge in [0.1, 0.15) is 5.82 Å². The summed E-state index contributed by atoms with van der Waals surface area (Å²) in [4.78, 5) is 9.97. The molecular weight excluding hydrogens is 494 g/mol. The molecule has 1 aliphatic carbocycles. The van der Waals surface area contributed by atoms with Gasteiger partial charge in [0.25, 0.3) is 10.0 Å². The molecule has 0 amide bonds. The molecule has 2 aliphatic rings. The summed E-state index contributed by atoms with van der Waals surface area (Å²) in [6.45, 7) is 11.5. The normalized spacial score (nSPS) is 18.3. The molecule has 0 radical (unpaired) electrons. The largest absolute Gasteiger partial charge is 0.369 e. The van der Waals surface area contributed by atoms with Gasteiger partial charge in [0.15, 0.2) is 0 Å². The zero-order valence-electron chi connectivity index (χ0n) is 23.7. The second kappa shape index (κ2) is 10.5. The van der Waals surface area contributed by atoms with Gasteiger partial charge in [-0.3, -0.25) is 4.31 Å². The third kappa shape index (κ3) is 5.43. The summed E-state index contributed by atoms with van der Waals surface area (Å²) < 4.78 is 30.9. The van der Waals surface area contributed by atoms with Gasteiger partial charge in [-0.25, -0.2) is 13.4 Å². The Morgan fingerprint density at radius 1 is 0.947 bits per heavy atom. The van der Waals surface area contributed by atoms with Crippen molar-refractivity contribution in [1.82, 2.24) is 14.5 Å². The molecule has 1 saturated heterocycles. The van der Waals surface area contributed by atoms with Gasteiger partial charge in [-0.1, -0.05) is 40.0 Å². The van der Waals surface area contributed by atoms with E-state index in [1.54, 1.807) is 19.2 Å². The first kappa shape index (κ1) is 27.0. The van der Waals surface area contributed by atoms with Crippen LogP contribution in [0.2, 0.25) is 0 Å². The number of hydrogen-bond donors (Lipinski definition) is 0. The Morgan fingerprint density at radius 3 is 2.24 bits per heavy atom. The van der Waals surface area contributed by atoms with E-state index in [0.717, 1.165) is 55.3 Å². The van der Waals surface area contributed by atoms with Crippen LogP contribution in [0.3, 0.4) is 0 Å². The van der Waals surface area contributed by atoms with Crippen LogP contribution in [0, 0.1) is 5.92 Å². The molecule has 7 nitrogen and oxygen atoms in total. The number of piperazine rings is 1. The highest BCUT2D eigenvalue weighted by molar-refractivity contribution is 7.92. The molecule has 0 atom stereocenters. The van der Waals surface area contributed by atoms with Crippen molar-refractivity contribution in [3.63, 3.8) is 0 Å². The summed E-state index contributed by atoms with van der Waals surface area (Å²) in [6.07, 6.45) is 6.51. The summed E-state index contributed by atoms with van der Waals surface area (Å²) in [5, 5.41) is 0. The maximum atomic E-state index is 13.6. The quantitative estimate of drug-likeness (QED) is 0.416. The zero-order chi connectivity index (χ0) is 27.1. The highest BCUT2D eigenvalue weighted by Crippen LogP contribution is 2.33. The lowest BCUT2D eigenvalue weighted by Gasteiger charge is -2.34. The van der Waals surface area contributed by atoms with Gasteiger partial charge in [-0.15, -0.1) is 0 Å². The zero-order valence-corrected chi connectivity index (χ0v) is 24.5. The average Bonchev–Trinajstić information content (AvgIpc) is 3.27. The van der Waals surface area contributed by atoms with Gasteiger partial charge >= 0.3 is 0 Å². The molecule has 2 heterocycles. The summed E-state index contributed by atoms with van der Waals surface area (Å²) in [5.41, 5.74) is 3.54. The maximum absolute atomic E-state index is 13.6. The molecule has 38 heavy (non-hydrogen) atoms. The number of likely N-dealkylation sites (N-methyl/N-ethyl adjacent to an activating group) is 1. The van der Waals surface area contributed by atoms with Crippen LogP contribution in [0.15, 0.2) is 47.4 Å². The lowest BCUT2D eigenvalue weighted by molar-refractivity contribution is 0.313. The monoisotopic (exact) mass is 537 g/mol. The van der Waals surface area contributed by atoms with Crippen LogP contribution in [0.5, 0.6) is 0 Å². The Labute approximate surface area is 228 Å². The van der Waals surface area contributed by atoms with Crippen LogP contribution in [0.4, 0.5) is 11.4 Å². The Morgan fingerprint density at radius 2 is 1.61 bits per heavy atom. The van der Waals surface area contributed by atoms with E-state index < -0.39 is 10.0 Å². The van der Waals surface area contributed by atoms with Crippen molar-refractivity contribution < 1.29 is 8.42 Å². The summed E-state index contributed by atoms with van der Waals surface area (Å²) in [5.74, 6) is 1.75. The minimum atomic E-state index is -3.70. The van der Waals surface area contributed by atoms with E-state index >= 15 is 0 Å². The van der Waals surface area contributed by atoms with Crippen molar-refractivity contribution in [2.45, 2.75) is 69.7 Å². The number of aromatic nitrogens is 2. The third-order valence-corrected chi connectivity index (χ3v) is 10.1. The SMILES string of the molecule is CN1CCN(c2ccc(S(=O)(=O)N(C)c3ccc4c(c3)nc(C(C)(C)C)n4CC3CCCCC3)cc2)CC1. The molecule has 2 fully saturated rings. The fourth-order valence-corrected chi connectivity index (χ4v) is 7.08. The molecule has 1 aliphatic heterocycles. The van der Waals surface area contributed by atoms with Crippen LogP contribution in [0.1, 0.15) is 58.7 Å². The van der Waals surface area contributed by atoms with E-state index in [9.17, 15) is 8.42 Å². The third-order valence-electron chi connectivity index (χ3n) is 8.30. The fourth-order valence-electron chi connectivity index (χ4n) is 5.89. The maximum Gasteiger partial charge on any atom is 0.264 e. The van der Waals surface area contributed by atoms with Crippen LogP contribution in [-0.2, 0) is 22.0 Å². The van der Waals surface area contributed by atoms with E-state index in [2.05, 4.69) is 48.3 Å². The molecule has 5 rings (SSSR count). The average molecular weight is 538 g/mol. The molecule has 0 unspecified atom stereocenters. The lowest BCUT2D eigenvalue weighted by Crippen LogP contribution is -2.44. The van der Waals surface area contributed by atoms with E-state index in [1.165, 1.54) is 36.4 Å². The van der Waals surface area contributed by atoms with E-state index in [1.807, 2.05) is 24.3 Å². The van der Waals surface area contributed by atoms with Crippen LogP contribution >= 0.6 is 0 Å². The summed E-state index contributed by atoms with van der Waals surface area (Å²) in [7, 11) is 0.0645. The molecule has 1 aromatic heterocycles. The summed E-state index contributed by atoms with van der Waals surface area (Å²) in [6, 6.07) is 13.2. The second-order valence-electron chi connectivity index (χ2n) is 12.2. The number of anilines is 2. The van der Waals surface area contributed by atoms with E-state index in [0.29, 0.717) is 16.5 Å². The molecular formula is C30H43N5O2S. The highest BCUT2D eigenvalue weighted by Gasteiger charge is 2.27. The first-order chi connectivity index (χ1) is 18.0. The number of nitrogens with zero attached hydrogens (tertiary/aromatic N) is 5. The standard InChI is InChI=1S/C30H43N5O2S/c1-30(2,3)29-31-27-21-25(13-16-28(27)35(29)22-23-9-7-6-8-10-23)33(5)38(36,37)26-14-11-24(12-15-26)34-19-17-32(4)18-20-34/h11-16,21,23H,6-10,17-20,22H2,1-5H3. The molecule has 206 valence electrons. The van der Waals surface area contributed by atoms with Crippen LogP contribution in [-0.4, -0.2) is 63.1 Å². The Kier molecular flexibility index (Phi) is 7.48. The van der Waals surface area contributed by atoms with Gasteiger partial charge < -0.3 is 14.4 Å². The van der Waals surface area contributed by atoms with Crippen molar-refractivity contribution in [1.29, 1.82) is 0 Å². The van der Waals surface area contributed by atoms with Gasteiger partial charge in [0.2, 0.25) is 0 Å². The highest BCUT2D eigenvalue weighted by atomic mass is 32.2. The molecule has 0 N–H and O–H groups in total. The Bertz CT molecular complexity index is 1360. The minimum absolute atomic E-state index is 0.0999. The van der Waals surface area contributed by atoms with Crippen LogP contribution < -0.4 is 9.21 Å². The number of imidazole rings is 1. The second-order valence-corrected chi connectivity index (χ2v) is 14.2. The lowest BCUT2D eigenvalue weighted by atomic mass is 9.88. The van der Waals surface area contributed by atoms with Gasteiger partial charge in [-0.05, 0) is 68.3 Å². The predicted octanol–water partition coefficient (Wildman–Crippen LogP) is 5.49. The van der Waals surface area contributed by atoms with Gasteiger partial charge in [0.05, 0.1) is 21.6 Å². The Balaban J connectivity index is 1.41. The molecule has 8 heteroatoms. The van der Waals surface area contributed by atoms with Gasteiger partial charge in [0, 0.05) is 50.9 Å². The van der Waals surface area contributed by atoms with Crippen molar-refractivity contribution in [3.8, 4) is 0 Å². The van der Waals surface area contributed by atoms with Crippen molar-refractivity contribution >= 4 is 32.4 Å². The predicted molar refractivity (Wildman–Crippen MR) is 157 cm³/mol. The van der Waals surface area contributed by atoms with Gasteiger partial charge in [-0.2, -0.15) is 0 Å². The smallest absolute Gasteiger partial charge is 0.264 e. The molecule has 0 spiro atoms. The molecule has 3 aromatic rings. The molecule has 0 bridgehead atoms. The van der Waals surface area contributed by atoms with E-state index in [4.69, 9.17) is 4.98 Å². The topological polar surface area (TPSA) is 61.7 Å². The molecule has 2 aromatic carbocycles. The number of sulfonamides is 1. The van der Waals surface area contributed by atoms with E-state index in [-0.39, 0.29) is 5.41 Å². The summed E-state index contributed by atoms with van der Waals surface area (Å²) >= 11 is 0. The number of fused-ring (bicyclic) bond motifs is 1. The van der Waals surface area contributed by atoms with Crippen molar-refractivity contribution in [2.75, 3.05) is 49.5 Å². The number of rotatable bonds is 6. The Hall–Kier alpha value is -2.58. The number of benzene rings is 2. The van der Waals surface area contributed by atoms with Crippen LogP contribution in [0.25, 0.3) is 11.0 Å². The molecule has 1 saturated carbocycles. The van der Waals surface area contributed by atoms with Crippen molar-refractivity contribution in [3.05, 3.63) is 48.3 Å². The fraction of sp³-hybridized carbons (Fsp3) is 0.567. The van der Waals surface area contributed by atoms with Crippen molar-refractivity contribution in [2.24, 2.45) is 5.92 Å².